The Bertz CT molecular complexity index is 93.3. The van der Waals surface area contributed by atoms with Crippen LogP contribution in [0.1, 0.15) is 39.5 Å². The van der Waals surface area contributed by atoms with Gasteiger partial charge in [-0.2, -0.15) is 4.89 Å². The third kappa shape index (κ3) is 5.85. The fraction of sp³-hybridized carbons (Fsp3) is 0.875. The third-order valence-electron chi connectivity index (χ3n) is 1.57. The summed E-state index contributed by atoms with van der Waals surface area (Å²) < 4.78 is 0. The summed E-state index contributed by atoms with van der Waals surface area (Å²) in [6.07, 6.45) is 4.16. The number of carbonyl (C=O) groups excluding carboxylic acids is 1. The molecule has 1 unspecified atom stereocenters. The fourth-order valence-electron chi connectivity index (χ4n) is 0.853. The molecule has 0 aromatic carbocycles. The summed E-state index contributed by atoms with van der Waals surface area (Å²) in [6.45, 7) is 4.44. The van der Waals surface area contributed by atoms with E-state index in [0.717, 1.165) is 25.7 Å². The standard InChI is InChI=1S/C8H16O3/c1-3-5-6-8(4-2)11-10-7-9/h7-8H,3-6H2,1-2H3. The molecule has 1 atom stereocenters. The van der Waals surface area contributed by atoms with Crippen LogP contribution in [0, 0.1) is 0 Å². The van der Waals surface area contributed by atoms with Crippen molar-refractivity contribution in [2.24, 2.45) is 0 Å². The fourth-order valence-corrected chi connectivity index (χ4v) is 0.853. The molecule has 11 heavy (non-hydrogen) atoms. The highest BCUT2D eigenvalue weighted by molar-refractivity contribution is 5.35. The van der Waals surface area contributed by atoms with Gasteiger partial charge in [0.1, 0.15) is 6.10 Å². The van der Waals surface area contributed by atoms with Gasteiger partial charge in [0.05, 0.1) is 0 Å². The minimum Gasteiger partial charge on any atom is -0.302 e. The van der Waals surface area contributed by atoms with Gasteiger partial charge in [-0.25, -0.2) is 0 Å². The van der Waals surface area contributed by atoms with E-state index in [1.807, 2.05) is 6.92 Å². The number of carbonyl (C=O) groups is 1. The van der Waals surface area contributed by atoms with Crippen LogP contribution in [-0.2, 0) is 14.6 Å². The molecular formula is C8H16O3. The largest absolute Gasteiger partial charge is 0.330 e. The van der Waals surface area contributed by atoms with Crippen LogP contribution in [0.25, 0.3) is 0 Å². The summed E-state index contributed by atoms with van der Waals surface area (Å²) >= 11 is 0. The van der Waals surface area contributed by atoms with Gasteiger partial charge in [-0.3, -0.25) is 4.79 Å². The van der Waals surface area contributed by atoms with Crippen LogP contribution in [0.15, 0.2) is 0 Å². The lowest BCUT2D eigenvalue weighted by Gasteiger charge is -2.10. The molecule has 0 heterocycles. The van der Waals surface area contributed by atoms with E-state index in [1.54, 1.807) is 0 Å². The maximum atomic E-state index is 9.75. The van der Waals surface area contributed by atoms with Gasteiger partial charge in [-0.1, -0.05) is 26.7 Å². The summed E-state index contributed by atoms with van der Waals surface area (Å²) in [5, 5.41) is 0. The SMILES string of the molecule is CCCCC(CC)OOC=O. The molecule has 3 heteroatoms. The lowest BCUT2D eigenvalue weighted by molar-refractivity contribution is -0.287. The number of unbranched alkanes of at least 4 members (excludes halogenated alkanes) is 1. The van der Waals surface area contributed by atoms with E-state index < -0.39 is 0 Å². The molecule has 0 fully saturated rings. The van der Waals surface area contributed by atoms with Crippen molar-refractivity contribution in [1.29, 1.82) is 0 Å². The summed E-state index contributed by atoms with van der Waals surface area (Å²) in [7, 11) is 0. The van der Waals surface area contributed by atoms with Crippen molar-refractivity contribution in [1.82, 2.24) is 0 Å². The Kier molecular flexibility index (Phi) is 7.15. The predicted octanol–water partition coefficient (Wildman–Crippen LogP) is 2.06. The summed E-state index contributed by atoms with van der Waals surface area (Å²) in [5.74, 6) is 0. The molecule has 0 saturated heterocycles. The highest BCUT2D eigenvalue weighted by Gasteiger charge is 2.06. The van der Waals surface area contributed by atoms with Crippen LogP contribution < -0.4 is 0 Å². The molecule has 0 aromatic heterocycles. The molecule has 0 spiro atoms. The van der Waals surface area contributed by atoms with E-state index in [4.69, 9.17) is 4.89 Å². The van der Waals surface area contributed by atoms with Crippen LogP contribution in [0.4, 0.5) is 0 Å². The second kappa shape index (κ2) is 7.54. The van der Waals surface area contributed by atoms with Gasteiger partial charge in [0, 0.05) is 0 Å². The molecule has 0 amide bonds. The van der Waals surface area contributed by atoms with E-state index in [0.29, 0.717) is 6.47 Å². The van der Waals surface area contributed by atoms with Crippen molar-refractivity contribution >= 4 is 6.47 Å². The van der Waals surface area contributed by atoms with Crippen molar-refractivity contribution in [3.05, 3.63) is 0 Å². The normalized spacial score (nSPS) is 12.5. The Morgan fingerprint density at radius 1 is 1.45 bits per heavy atom. The summed E-state index contributed by atoms with van der Waals surface area (Å²) in [6, 6.07) is 0. The Morgan fingerprint density at radius 3 is 2.64 bits per heavy atom. The Labute approximate surface area is 67.6 Å². The Morgan fingerprint density at radius 2 is 2.18 bits per heavy atom. The topological polar surface area (TPSA) is 35.5 Å². The smallest absolute Gasteiger partial charge is 0.302 e. The first-order chi connectivity index (χ1) is 5.35. The van der Waals surface area contributed by atoms with Gasteiger partial charge in [0.2, 0.25) is 0 Å². The van der Waals surface area contributed by atoms with Crippen LogP contribution in [0.2, 0.25) is 0 Å². The Balaban J connectivity index is 3.32. The van der Waals surface area contributed by atoms with Crippen molar-refractivity contribution < 1.29 is 14.6 Å². The van der Waals surface area contributed by atoms with Crippen molar-refractivity contribution in [2.75, 3.05) is 0 Å². The first-order valence-electron chi connectivity index (χ1n) is 4.10. The first-order valence-corrected chi connectivity index (χ1v) is 4.10. The Hall–Kier alpha value is -0.570. The van der Waals surface area contributed by atoms with E-state index in [-0.39, 0.29) is 6.10 Å². The van der Waals surface area contributed by atoms with Gasteiger partial charge >= 0.3 is 6.47 Å². The lowest BCUT2D eigenvalue weighted by Crippen LogP contribution is -2.11. The zero-order valence-electron chi connectivity index (χ0n) is 7.21. The number of hydrogen-bond acceptors (Lipinski definition) is 3. The summed E-state index contributed by atoms with van der Waals surface area (Å²) in [4.78, 5) is 18.7. The lowest BCUT2D eigenvalue weighted by atomic mass is 10.1. The van der Waals surface area contributed by atoms with Crippen molar-refractivity contribution in [3.63, 3.8) is 0 Å². The van der Waals surface area contributed by atoms with E-state index in [2.05, 4.69) is 11.8 Å². The quantitative estimate of drug-likeness (QED) is 0.325. The van der Waals surface area contributed by atoms with Gasteiger partial charge in [0.15, 0.2) is 0 Å². The maximum absolute atomic E-state index is 9.75. The molecule has 0 aliphatic rings. The van der Waals surface area contributed by atoms with Crippen molar-refractivity contribution in [3.8, 4) is 0 Å². The van der Waals surface area contributed by atoms with Gasteiger partial charge in [0.25, 0.3) is 0 Å². The molecule has 3 nitrogen and oxygen atoms in total. The van der Waals surface area contributed by atoms with Gasteiger partial charge in [-0.15, -0.1) is 0 Å². The molecule has 0 aliphatic heterocycles. The predicted molar refractivity (Wildman–Crippen MR) is 41.8 cm³/mol. The van der Waals surface area contributed by atoms with Gasteiger partial charge < -0.3 is 4.89 Å². The molecule has 0 aromatic rings. The molecule has 0 rings (SSSR count). The third-order valence-corrected chi connectivity index (χ3v) is 1.57. The minimum atomic E-state index is 0.0696. The molecule has 0 N–H and O–H groups in total. The molecule has 0 aliphatic carbocycles. The summed E-state index contributed by atoms with van der Waals surface area (Å²) in [5.41, 5.74) is 0. The first kappa shape index (κ1) is 10.4. The van der Waals surface area contributed by atoms with Crippen molar-refractivity contribution in [2.45, 2.75) is 45.6 Å². The average molecular weight is 160 g/mol. The number of hydrogen-bond donors (Lipinski definition) is 0. The second-order valence-corrected chi connectivity index (χ2v) is 2.46. The molecule has 66 valence electrons. The van der Waals surface area contributed by atoms with E-state index in [9.17, 15) is 4.79 Å². The average Bonchev–Trinajstić information content (AvgIpc) is 2.05. The minimum absolute atomic E-state index is 0.0696. The van der Waals surface area contributed by atoms with Crippen LogP contribution in [-0.4, -0.2) is 12.6 Å². The highest BCUT2D eigenvalue weighted by Crippen LogP contribution is 2.07. The molecular weight excluding hydrogens is 144 g/mol. The van der Waals surface area contributed by atoms with Crippen LogP contribution in [0.5, 0.6) is 0 Å². The molecule has 0 saturated carbocycles. The zero-order chi connectivity index (χ0) is 8.53. The van der Waals surface area contributed by atoms with Gasteiger partial charge in [-0.05, 0) is 12.8 Å². The van der Waals surface area contributed by atoms with E-state index in [1.165, 1.54) is 0 Å². The number of rotatable bonds is 7. The zero-order valence-corrected chi connectivity index (χ0v) is 7.21. The monoisotopic (exact) mass is 160 g/mol. The second-order valence-electron chi connectivity index (χ2n) is 2.46. The highest BCUT2D eigenvalue weighted by atomic mass is 17.2. The maximum Gasteiger partial charge on any atom is 0.330 e. The molecule has 0 bridgehead atoms. The van der Waals surface area contributed by atoms with Crippen LogP contribution >= 0.6 is 0 Å². The molecule has 0 radical (unpaired) electrons. The van der Waals surface area contributed by atoms with E-state index >= 15 is 0 Å². The van der Waals surface area contributed by atoms with Crippen LogP contribution in [0.3, 0.4) is 0 Å².